The second-order valence-corrected chi connectivity index (χ2v) is 5.31. The molecule has 1 amide bonds. The van der Waals surface area contributed by atoms with Crippen LogP contribution in [0.3, 0.4) is 0 Å². The molecule has 20 heavy (non-hydrogen) atoms. The van der Waals surface area contributed by atoms with Crippen LogP contribution in [-0.4, -0.2) is 29.9 Å². The number of likely N-dealkylation sites (N-methyl/N-ethyl adjacent to an activating group) is 1. The number of carbonyl (C=O) groups excluding carboxylic acids is 1. The van der Waals surface area contributed by atoms with Gasteiger partial charge >= 0.3 is 0 Å². The zero-order valence-corrected chi connectivity index (χ0v) is 12.1. The van der Waals surface area contributed by atoms with Crippen molar-refractivity contribution in [2.75, 3.05) is 13.1 Å². The number of hydrogen-bond acceptors (Lipinski definition) is 3. The second-order valence-electron chi connectivity index (χ2n) is 5.31. The highest BCUT2D eigenvalue weighted by molar-refractivity contribution is 5.82. The first-order chi connectivity index (χ1) is 9.65. The monoisotopic (exact) mass is 271 g/mol. The van der Waals surface area contributed by atoms with E-state index in [2.05, 4.69) is 23.5 Å². The van der Waals surface area contributed by atoms with Crippen LogP contribution in [0.1, 0.15) is 25.0 Å². The maximum atomic E-state index is 12.5. The lowest BCUT2D eigenvalue weighted by Crippen LogP contribution is -2.50. The van der Waals surface area contributed by atoms with E-state index >= 15 is 0 Å². The number of hydrogen-bond donors (Lipinski definition) is 1. The first kappa shape index (κ1) is 14.5. The molecule has 1 aliphatic rings. The van der Waals surface area contributed by atoms with Gasteiger partial charge < -0.3 is 10.2 Å². The smallest absolute Gasteiger partial charge is 0.240 e. The summed E-state index contributed by atoms with van der Waals surface area (Å²) >= 11 is 0. The molecule has 0 aliphatic carbocycles. The van der Waals surface area contributed by atoms with Gasteiger partial charge in [0.2, 0.25) is 5.91 Å². The Kier molecular flexibility index (Phi) is 4.75. The molecule has 1 N–H and O–H groups in total. The largest absolute Gasteiger partial charge is 0.340 e. The average molecular weight is 271 g/mol. The maximum Gasteiger partial charge on any atom is 0.240 e. The van der Waals surface area contributed by atoms with E-state index < -0.39 is 0 Å². The minimum Gasteiger partial charge on any atom is -0.340 e. The lowest BCUT2D eigenvalue weighted by Gasteiger charge is -2.31. The molecule has 0 saturated heterocycles. The normalized spacial score (nSPS) is 18.8. The molecule has 0 spiro atoms. The number of nitriles is 1. The third kappa shape index (κ3) is 3.17. The van der Waals surface area contributed by atoms with Gasteiger partial charge in [-0.15, -0.1) is 0 Å². The zero-order valence-electron chi connectivity index (χ0n) is 12.1. The molecule has 1 aromatic carbocycles. The topological polar surface area (TPSA) is 56.1 Å². The van der Waals surface area contributed by atoms with Gasteiger partial charge in [0.05, 0.1) is 18.0 Å². The van der Waals surface area contributed by atoms with Crippen LogP contribution in [0.4, 0.5) is 0 Å². The first-order valence-electron chi connectivity index (χ1n) is 7.14. The molecule has 0 saturated carbocycles. The van der Waals surface area contributed by atoms with Crippen molar-refractivity contribution >= 4 is 5.91 Å². The van der Waals surface area contributed by atoms with E-state index in [9.17, 15) is 4.79 Å². The summed E-state index contributed by atoms with van der Waals surface area (Å²) in [5.41, 5.74) is 2.51. The van der Waals surface area contributed by atoms with E-state index in [0.29, 0.717) is 13.1 Å². The highest BCUT2D eigenvalue weighted by Crippen LogP contribution is 2.17. The SMILES string of the molecule is CCN(CC(C)C#N)C(=O)[C@H]1Cc2ccccc2CN1. The van der Waals surface area contributed by atoms with Gasteiger partial charge in [-0.2, -0.15) is 5.26 Å². The van der Waals surface area contributed by atoms with Crippen molar-refractivity contribution in [1.82, 2.24) is 10.2 Å². The molecular formula is C16H21N3O. The third-order valence-corrected chi connectivity index (χ3v) is 3.79. The Morgan fingerprint density at radius 1 is 1.50 bits per heavy atom. The number of amides is 1. The second kappa shape index (κ2) is 6.53. The fraction of sp³-hybridized carbons (Fsp3) is 0.500. The Hall–Kier alpha value is -1.86. The molecule has 0 fully saturated rings. The Balaban J connectivity index is 2.05. The molecular weight excluding hydrogens is 250 g/mol. The van der Waals surface area contributed by atoms with Gasteiger partial charge in [0.25, 0.3) is 0 Å². The number of benzene rings is 1. The van der Waals surface area contributed by atoms with Crippen LogP contribution in [0.5, 0.6) is 0 Å². The lowest BCUT2D eigenvalue weighted by atomic mass is 9.95. The Labute approximate surface area is 120 Å². The number of nitrogens with zero attached hydrogens (tertiary/aromatic N) is 2. The van der Waals surface area contributed by atoms with Crippen LogP contribution >= 0.6 is 0 Å². The number of nitrogens with one attached hydrogen (secondary N) is 1. The van der Waals surface area contributed by atoms with Gasteiger partial charge in [-0.3, -0.25) is 4.79 Å². The summed E-state index contributed by atoms with van der Waals surface area (Å²) in [6.45, 7) is 5.69. The summed E-state index contributed by atoms with van der Waals surface area (Å²) in [4.78, 5) is 14.3. The number of carbonyl (C=O) groups is 1. The molecule has 4 nitrogen and oxygen atoms in total. The van der Waals surface area contributed by atoms with Crippen LogP contribution in [0, 0.1) is 17.2 Å². The summed E-state index contributed by atoms with van der Waals surface area (Å²) in [5, 5.41) is 12.2. The third-order valence-electron chi connectivity index (χ3n) is 3.79. The summed E-state index contributed by atoms with van der Waals surface area (Å²) in [6.07, 6.45) is 0.729. The van der Waals surface area contributed by atoms with Crippen molar-refractivity contribution in [3.05, 3.63) is 35.4 Å². The summed E-state index contributed by atoms with van der Waals surface area (Å²) in [6, 6.07) is 10.2. The molecule has 0 aromatic heterocycles. The van der Waals surface area contributed by atoms with Gasteiger partial charge in [0, 0.05) is 19.6 Å². The summed E-state index contributed by atoms with van der Waals surface area (Å²) in [5.74, 6) is -0.0288. The van der Waals surface area contributed by atoms with Crippen molar-refractivity contribution < 1.29 is 4.79 Å². The van der Waals surface area contributed by atoms with Crippen molar-refractivity contribution in [3.63, 3.8) is 0 Å². The minimum absolute atomic E-state index is 0.101. The number of rotatable bonds is 4. The van der Waals surface area contributed by atoms with Gasteiger partial charge in [-0.25, -0.2) is 0 Å². The van der Waals surface area contributed by atoms with Crippen molar-refractivity contribution in [2.24, 2.45) is 5.92 Å². The molecule has 2 rings (SSSR count). The molecule has 1 aromatic rings. The van der Waals surface area contributed by atoms with E-state index in [-0.39, 0.29) is 17.9 Å². The molecule has 4 heteroatoms. The van der Waals surface area contributed by atoms with Gasteiger partial charge in [-0.1, -0.05) is 24.3 Å². The van der Waals surface area contributed by atoms with Crippen LogP contribution in [0.2, 0.25) is 0 Å². The molecule has 1 heterocycles. The molecule has 106 valence electrons. The standard InChI is InChI=1S/C16H21N3O/c1-3-19(11-12(2)9-17)16(20)15-8-13-6-4-5-7-14(13)10-18-15/h4-7,12,15,18H,3,8,10-11H2,1-2H3/t12?,15-/m1/s1. The van der Waals surface area contributed by atoms with Crippen molar-refractivity contribution in [2.45, 2.75) is 32.9 Å². The van der Waals surface area contributed by atoms with Crippen LogP contribution in [-0.2, 0) is 17.8 Å². The summed E-state index contributed by atoms with van der Waals surface area (Å²) in [7, 11) is 0. The number of fused-ring (bicyclic) bond motifs is 1. The van der Waals surface area contributed by atoms with E-state index in [1.807, 2.05) is 26.0 Å². The molecule has 0 radical (unpaired) electrons. The van der Waals surface area contributed by atoms with Crippen LogP contribution in [0.25, 0.3) is 0 Å². The molecule has 0 bridgehead atoms. The van der Waals surface area contributed by atoms with Crippen LogP contribution in [0.15, 0.2) is 24.3 Å². The first-order valence-corrected chi connectivity index (χ1v) is 7.14. The van der Waals surface area contributed by atoms with Crippen LogP contribution < -0.4 is 5.32 Å². The maximum absolute atomic E-state index is 12.5. The quantitative estimate of drug-likeness (QED) is 0.907. The predicted octanol–water partition coefficient (Wildman–Crippen LogP) is 1.71. The predicted molar refractivity (Wildman–Crippen MR) is 77.8 cm³/mol. The van der Waals surface area contributed by atoms with Gasteiger partial charge in [-0.05, 0) is 31.4 Å². The zero-order chi connectivity index (χ0) is 14.5. The molecule has 1 aliphatic heterocycles. The summed E-state index contributed by atoms with van der Waals surface area (Å²) < 4.78 is 0. The lowest BCUT2D eigenvalue weighted by molar-refractivity contribution is -0.133. The average Bonchev–Trinajstić information content (AvgIpc) is 2.51. The van der Waals surface area contributed by atoms with E-state index in [0.717, 1.165) is 13.0 Å². The van der Waals surface area contributed by atoms with Crippen molar-refractivity contribution in [3.8, 4) is 6.07 Å². The van der Waals surface area contributed by atoms with Crippen molar-refractivity contribution in [1.29, 1.82) is 5.26 Å². The Morgan fingerprint density at radius 3 is 2.85 bits per heavy atom. The highest BCUT2D eigenvalue weighted by atomic mass is 16.2. The molecule has 1 unspecified atom stereocenters. The van der Waals surface area contributed by atoms with Gasteiger partial charge in [0.1, 0.15) is 0 Å². The minimum atomic E-state index is -0.171. The fourth-order valence-corrected chi connectivity index (χ4v) is 2.60. The fourth-order valence-electron chi connectivity index (χ4n) is 2.60. The van der Waals surface area contributed by atoms with E-state index in [1.54, 1.807) is 4.90 Å². The Bertz CT molecular complexity index is 521. The van der Waals surface area contributed by atoms with Gasteiger partial charge in [0.15, 0.2) is 0 Å². The van der Waals surface area contributed by atoms with E-state index in [1.165, 1.54) is 11.1 Å². The van der Waals surface area contributed by atoms with E-state index in [4.69, 9.17) is 5.26 Å². The highest BCUT2D eigenvalue weighted by Gasteiger charge is 2.27. The molecule has 2 atom stereocenters. The Morgan fingerprint density at radius 2 is 2.20 bits per heavy atom.